The average molecular weight is 684 g/mol. The third-order valence-corrected chi connectivity index (χ3v) is 9.23. The number of anilines is 1. The number of alkyl halides is 2. The number of pyridine rings is 1. The van der Waals surface area contributed by atoms with Crippen LogP contribution in [0.1, 0.15) is 42.5 Å². The van der Waals surface area contributed by atoms with Crippen LogP contribution in [0, 0.1) is 28.9 Å². The zero-order valence-corrected chi connectivity index (χ0v) is 26.9. The number of halogens is 2. The van der Waals surface area contributed by atoms with Crippen LogP contribution >= 0.6 is 0 Å². The molecule has 16 heteroatoms. The third kappa shape index (κ3) is 5.44. The van der Waals surface area contributed by atoms with E-state index in [1.807, 2.05) is 24.5 Å². The number of rotatable bonds is 6. The molecule has 0 radical (unpaired) electrons. The predicted octanol–water partition coefficient (Wildman–Crippen LogP) is 4.37. The fraction of sp³-hybridized carbons (Fsp3) is 0.353. The molecule has 8 rings (SSSR count). The van der Waals surface area contributed by atoms with Gasteiger partial charge in [0.15, 0.2) is 35.1 Å². The Morgan fingerprint density at radius 3 is 2.74 bits per heavy atom. The van der Waals surface area contributed by atoms with E-state index in [1.165, 1.54) is 4.90 Å². The van der Waals surface area contributed by atoms with Gasteiger partial charge >= 0.3 is 5.88 Å². The maximum Gasteiger partial charge on any atom is 0.307 e. The Labute approximate surface area is 282 Å². The molecule has 4 aromatic heterocycles. The molecule has 0 aliphatic carbocycles. The van der Waals surface area contributed by atoms with Crippen LogP contribution in [-0.4, -0.2) is 91.1 Å². The minimum atomic E-state index is -3.02. The summed E-state index contributed by atoms with van der Waals surface area (Å²) in [5.74, 6) is 5.42. The summed E-state index contributed by atoms with van der Waals surface area (Å²) < 4.78 is 54.1. The van der Waals surface area contributed by atoms with Gasteiger partial charge in [-0.05, 0) is 37.1 Å². The molecule has 2 saturated heterocycles. The lowest BCUT2D eigenvalue weighted by atomic mass is 9.94. The summed E-state index contributed by atoms with van der Waals surface area (Å²) in [6, 6.07) is 12.2. The molecule has 0 amide bonds. The number of para-hydroxylation sites is 1. The number of benzene rings is 1. The van der Waals surface area contributed by atoms with Crippen LogP contribution in [0.5, 0.6) is 5.88 Å². The largest absolute Gasteiger partial charge is 0.466 e. The monoisotopic (exact) mass is 683 g/mol. The van der Waals surface area contributed by atoms with Gasteiger partial charge in [0, 0.05) is 29.0 Å². The van der Waals surface area contributed by atoms with E-state index >= 15 is 0 Å². The third-order valence-electron chi connectivity index (χ3n) is 9.23. The SMILES string of the molecule is CC1=[N+](c2cc(C#Cc3cccnc3C)nnc2O[C@H]2C[C@@H]([N+](=O)[O-])N(c3nc(C(F)F)nc4c3oc3ccccc34)C2)CCOC12COC2. The van der Waals surface area contributed by atoms with Crippen LogP contribution in [0.4, 0.5) is 20.3 Å². The van der Waals surface area contributed by atoms with Crippen LogP contribution in [0.3, 0.4) is 0 Å². The van der Waals surface area contributed by atoms with Crippen molar-refractivity contribution in [2.75, 3.05) is 37.8 Å². The highest BCUT2D eigenvalue weighted by atomic mass is 19.3. The second kappa shape index (κ2) is 12.3. The van der Waals surface area contributed by atoms with Crippen molar-refractivity contribution in [2.45, 2.75) is 44.6 Å². The molecular weight excluding hydrogens is 654 g/mol. The van der Waals surface area contributed by atoms with E-state index in [1.54, 1.807) is 42.6 Å². The van der Waals surface area contributed by atoms with Gasteiger partial charge in [-0.15, -0.1) is 10.2 Å². The topological polar surface area (TPSA) is 155 Å². The highest BCUT2D eigenvalue weighted by Crippen LogP contribution is 2.39. The summed E-state index contributed by atoms with van der Waals surface area (Å²) >= 11 is 0. The van der Waals surface area contributed by atoms with E-state index in [-0.39, 0.29) is 35.8 Å². The first kappa shape index (κ1) is 31.6. The molecule has 3 aliphatic rings. The standard InChI is InChI=1S/C34H29F2N8O6/c1-19-21(6-5-11-37-19)9-10-22-14-25(42-12-13-48-34(20(42)2)17-47-18-34)33(41-40-22)49-23-15-27(44(45)46)43(16-23)32-29-28(38-31(39-32)30(35)36)24-7-3-4-8-26(24)50-29/h3-8,11,14,23,27,30H,12-13,15-18H2,1-2H3/q+1/t23-,27+/m0/s1. The van der Waals surface area contributed by atoms with Gasteiger partial charge in [0.2, 0.25) is 0 Å². The molecule has 254 valence electrons. The van der Waals surface area contributed by atoms with E-state index in [0.29, 0.717) is 48.7 Å². The summed E-state index contributed by atoms with van der Waals surface area (Å²) in [7, 11) is 0. The van der Waals surface area contributed by atoms with E-state index in [2.05, 4.69) is 37.0 Å². The van der Waals surface area contributed by atoms with E-state index in [9.17, 15) is 18.9 Å². The molecule has 50 heavy (non-hydrogen) atoms. The molecule has 3 aliphatic heterocycles. The number of aryl methyl sites for hydroxylation is 1. The van der Waals surface area contributed by atoms with E-state index in [0.717, 1.165) is 17.0 Å². The van der Waals surface area contributed by atoms with Gasteiger partial charge < -0.3 is 18.6 Å². The Bertz CT molecular complexity index is 2260. The Morgan fingerprint density at radius 2 is 1.98 bits per heavy atom. The molecule has 1 aromatic carbocycles. The molecule has 1 spiro atoms. The highest BCUT2D eigenvalue weighted by molar-refractivity contribution is 6.05. The number of nitro groups is 1. The van der Waals surface area contributed by atoms with Gasteiger partial charge in [-0.1, -0.05) is 18.1 Å². The molecule has 14 nitrogen and oxygen atoms in total. The zero-order valence-electron chi connectivity index (χ0n) is 26.9. The van der Waals surface area contributed by atoms with Crippen molar-refractivity contribution in [3.63, 3.8) is 0 Å². The van der Waals surface area contributed by atoms with Crippen LogP contribution in [-0.2, 0) is 9.47 Å². The number of hydrogen-bond donors (Lipinski definition) is 0. The predicted molar refractivity (Wildman–Crippen MR) is 173 cm³/mol. The lowest BCUT2D eigenvalue weighted by molar-refractivity contribution is -0.519. The molecule has 0 saturated carbocycles. The number of ether oxygens (including phenoxy) is 3. The van der Waals surface area contributed by atoms with Gasteiger partial charge in [0.25, 0.3) is 18.3 Å². The molecule has 0 bridgehead atoms. The first-order valence-electron chi connectivity index (χ1n) is 15.9. The van der Waals surface area contributed by atoms with Gasteiger partial charge in [0.05, 0.1) is 37.9 Å². The minimum absolute atomic E-state index is 0.0712. The van der Waals surface area contributed by atoms with Crippen molar-refractivity contribution >= 4 is 39.3 Å². The van der Waals surface area contributed by atoms with Gasteiger partial charge in [-0.25, -0.2) is 18.7 Å². The Balaban J connectivity index is 1.18. The molecule has 5 aromatic rings. The summed E-state index contributed by atoms with van der Waals surface area (Å²) in [6.45, 7) is 5.41. The first-order chi connectivity index (χ1) is 24.2. The summed E-state index contributed by atoms with van der Waals surface area (Å²) in [4.78, 5) is 25.7. The Kier molecular flexibility index (Phi) is 7.80. The average Bonchev–Trinajstić information content (AvgIpc) is 3.69. The first-order valence-corrected chi connectivity index (χ1v) is 15.9. The smallest absolute Gasteiger partial charge is 0.307 e. The lowest BCUT2D eigenvalue weighted by Gasteiger charge is -2.41. The van der Waals surface area contributed by atoms with E-state index < -0.39 is 35.0 Å². The van der Waals surface area contributed by atoms with Crippen molar-refractivity contribution < 1.29 is 36.9 Å². The van der Waals surface area contributed by atoms with Crippen LogP contribution in [0.15, 0.2) is 53.1 Å². The van der Waals surface area contributed by atoms with Crippen molar-refractivity contribution in [2.24, 2.45) is 0 Å². The number of nitrogens with zero attached hydrogens (tertiary/aromatic N) is 8. The number of furan rings is 1. The molecule has 7 heterocycles. The minimum Gasteiger partial charge on any atom is -0.466 e. The van der Waals surface area contributed by atoms with E-state index in [4.69, 9.17) is 18.6 Å². The number of hydrogen-bond acceptors (Lipinski definition) is 12. The Hall–Kier alpha value is -5.66. The van der Waals surface area contributed by atoms with Crippen molar-refractivity contribution in [3.05, 3.63) is 81.6 Å². The van der Waals surface area contributed by atoms with Crippen LogP contribution in [0.25, 0.3) is 22.1 Å². The van der Waals surface area contributed by atoms with Gasteiger partial charge in [-0.2, -0.15) is 4.58 Å². The number of aromatic nitrogens is 5. The van der Waals surface area contributed by atoms with Crippen LogP contribution < -0.4 is 9.64 Å². The van der Waals surface area contributed by atoms with Crippen molar-refractivity contribution in [1.29, 1.82) is 0 Å². The van der Waals surface area contributed by atoms with Crippen molar-refractivity contribution in [3.8, 4) is 17.7 Å². The second-order valence-electron chi connectivity index (χ2n) is 12.3. The summed E-state index contributed by atoms with van der Waals surface area (Å²) in [5.41, 5.74) is 3.34. The van der Waals surface area contributed by atoms with Crippen molar-refractivity contribution in [1.82, 2.24) is 25.1 Å². The maximum absolute atomic E-state index is 14.0. The Morgan fingerprint density at radius 1 is 1.14 bits per heavy atom. The fourth-order valence-electron chi connectivity index (χ4n) is 6.52. The molecule has 0 N–H and O–H groups in total. The molecular formula is C34H29F2N8O6+. The quantitative estimate of drug-likeness (QED) is 0.108. The summed E-state index contributed by atoms with van der Waals surface area (Å²) in [5, 5.41) is 21.7. The molecule has 2 atom stereocenters. The van der Waals surface area contributed by atoms with Gasteiger partial charge in [-0.3, -0.25) is 20.0 Å². The number of fused-ring (bicyclic) bond motifs is 3. The zero-order chi connectivity index (χ0) is 34.6. The van der Waals surface area contributed by atoms with Gasteiger partial charge in [0.1, 0.15) is 29.5 Å². The molecule has 2 fully saturated rings. The summed E-state index contributed by atoms with van der Waals surface area (Å²) in [6.07, 6.45) is -3.60. The normalized spacial score (nSPS) is 20.0. The van der Waals surface area contributed by atoms with Crippen LogP contribution in [0.2, 0.25) is 0 Å². The lowest BCUT2D eigenvalue weighted by Crippen LogP contribution is -2.62. The fourth-order valence-corrected chi connectivity index (χ4v) is 6.52. The maximum atomic E-state index is 14.0. The highest BCUT2D eigenvalue weighted by Gasteiger charge is 2.51. The second-order valence-corrected chi connectivity index (χ2v) is 12.3. The molecule has 0 unspecified atom stereocenters.